The summed E-state index contributed by atoms with van der Waals surface area (Å²) < 4.78 is 103. The number of thioether (sulfide) groups is 1. The van der Waals surface area contributed by atoms with Crippen molar-refractivity contribution in [3.63, 3.8) is 0 Å². The average molecular weight is 405 g/mol. The van der Waals surface area contributed by atoms with Gasteiger partial charge in [-0.05, 0) is 24.1 Å². The van der Waals surface area contributed by atoms with Crippen LogP contribution in [0, 0.1) is 6.92 Å². The molecule has 144 valence electrons. The van der Waals surface area contributed by atoms with Crippen LogP contribution in [0.4, 0.5) is 40.8 Å². The van der Waals surface area contributed by atoms with E-state index in [0.29, 0.717) is 21.5 Å². The molecule has 3 nitrogen and oxygen atoms in total. The molecule has 2 rings (SSSR count). The van der Waals surface area contributed by atoms with Crippen LogP contribution in [0.3, 0.4) is 0 Å². The van der Waals surface area contributed by atoms with Gasteiger partial charge in [-0.3, -0.25) is 4.68 Å². The van der Waals surface area contributed by atoms with Crippen LogP contribution in [0.5, 0.6) is 0 Å². The van der Waals surface area contributed by atoms with Gasteiger partial charge in [0, 0.05) is 23.5 Å². The first-order valence-electron chi connectivity index (χ1n) is 6.84. The van der Waals surface area contributed by atoms with Gasteiger partial charge in [-0.25, -0.2) is 0 Å². The Balaban J connectivity index is 2.47. The first-order valence-corrected chi connectivity index (χ1v) is 7.66. The maximum Gasteiger partial charge on any atom is 0.459 e. The zero-order valence-electron chi connectivity index (χ0n) is 12.9. The fourth-order valence-electron chi connectivity index (χ4n) is 2.02. The number of halogens is 8. The van der Waals surface area contributed by atoms with Crippen LogP contribution in [-0.4, -0.2) is 21.5 Å². The maximum absolute atomic E-state index is 13.4. The summed E-state index contributed by atoms with van der Waals surface area (Å²) in [6.07, 6.45) is -5.98. The van der Waals surface area contributed by atoms with Crippen molar-refractivity contribution in [3.8, 4) is 0 Å². The van der Waals surface area contributed by atoms with Crippen LogP contribution >= 0.6 is 11.8 Å². The monoisotopic (exact) mass is 405 g/mol. The maximum atomic E-state index is 13.4. The molecule has 0 aliphatic carbocycles. The Hall–Kier alpha value is -1.98. The molecule has 0 saturated heterocycles. The van der Waals surface area contributed by atoms with Gasteiger partial charge in [0.25, 0.3) is 0 Å². The molecular weight excluding hydrogens is 394 g/mol. The highest BCUT2D eigenvalue weighted by Crippen LogP contribution is 2.45. The summed E-state index contributed by atoms with van der Waals surface area (Å²) in [5.74, 6) is -5.38. The summed E-state index contributed by atoms with van der Waals surface area (Å²) >= 11 is -0.823. The minimum absolute atomic E-state index is 0.0931. The normalized spacial score (nSPS) is 13.3. The van der Waals surface area contributed by atoms with E-state index in [-0.39, 0.29) is 6.07 Å². The highest BCUT2D eigenvalue weighted by molar-refractivity contribution is 8.00. The number of hydrogen-bond donors (Lipinski definition) is 1. The zero-order valence-corrected chi connectivity index (χ0v) is 13.7. The van der Waals surface area contributed by atoms with Crippen LogP contribution in [-0.2, 0) is 12.5 Å². The van der Waals surface area contributed by atoms with Crippen molar-refractivity contribution in [1.29, 1.82) is 0 Å². The van der Waals surface area contributed by atoms with Crippen molar-refractivity contribution >= 4 is 17.4 Å². The quantitative estimate of drug-likeness (QED) is 0.438. The largest absolute Gasteiger partial charge is 0.459 e. The van der Waals surface area contributed by atoms with Crippen LogP contribution in [0.2, 0.25) is 0 Å². The molecule has 2 aromatic rings. The molecule has 26 heavy (non-hydrogen) atoms. The average Bonchev–Trinajstić information content (AvgIpc) is 2.83. The summed E-state index contributed by atoms with van der Waals surface area (Å²) in [4.78, 5) is 0. The van der Waals surface area contributed by atoms with Crippen LogP contribution in [0.25, 0.3) is 0 Å². The minimum Gasteiger partial charge on any atom is -0.399 e. The number of benzene rings is 1. The van der Waals surface area contributed by atoms with Gasteiger partial charge in [0.1, 0.15) is 10.7 Å². The number of rotatable bonds is 4. The molecule has 0 amide bonds. The number of nitrogens with zero attached hydrogens (tertiary/aromatic N) is 2. The summed E-state index contributed by atoms with van der Waals surface area (Å²) in [6, 6.07) is 4.42. The van der Waals surface area contributed by atoms with Gasteiger partial charge in [0.2, 0.25) is 0 Å². The lowest BCUT2D eigenvalue weighted by atomic mass is 10.1. The molecule has 1 aromatic heterocycles. The van der Waals surface area contributed by atoms with Gasteiger partial charge < -0.3 is 5.73 Å². The van der Waals surface area contributed by atoms with Crippen molar-refractivity contribution in [2.45, 2.75) is 36.1 Å². The Morgan fingerprint density at radius 3 is 2.15 bits per heavy atom. The smallest absolute Gasteiger partial charge is 0.399 e. The van der Waals surface area contributed by atoms with E-state index in [1.807, 2.05) is 0 Å². The van der Waals surface area contributed by atoms with Crippen molar-refractivity contribution in [2.75, 3.05) is 5.73 Å². The van der Waals surface area contributed by atoms with Crippen molar-refractivity contribution in [3.05, 3.63) is 41.1 Å². The highest BCUT2D eigenvalue weighted by atomic mass is 32.2. The number of nitrogen functional groups attached to an aromatic ring is 1. The predicted molar refractivity (Wildman–Crippen MR) is 78.8 cm³/mol. The SMILES string of the molecule is Cc1cc(Cn2nc(C(F)(F)C(F)(F)F)cc2SC(F)(F)F)ccc1N. The van der Waals surface area contributed by atoms with Gasteiger partial charge >= 0.3 is 17.6 Å². The van der Waals surface area contributed by atoms with E-state index in [2.05, 4.69) is 5.10 Å². The molecule has 0 unspecified atom stereocenters. The van der Waals surface area contributed by atoms with E-state index in [1.54, 1.807) is 6.92 Å². The third-order valence-corrected chi connectivity index (χ3v) is 4.08. The van der Waals surface area contributed by atoms with E-state index in [9.17, 15) is 35.1 Å². The summed E-state index contributed by atoms with van der Waals surface area (Å²) in [7, 11) is 0. The Morgan fingerprint density at radius 1 is 1.04 bits per heavy atom. The minimum atomic E-state index is -5.98. The Bertz CT molecular complexity index is 794. The first kappa shape index (κ1) is 20.3. The van der Waals surface area contributed by atoms with E-state index in [4.69, 9.17) is 5.73 Å². The van der Waals surface area contributed by atoms with Crippen LogP contribution in [0.1, 0.15) is 16.8 Å². The fourth-order valence-corrected chi connectivity index (χ4v) is 2.64. The van der Waals surface area contributed by atoms with Crippen molar-refractivity contribution in [1.82, 2.24) is 9.78 Å². The first-order chi connectivity index (χ1) is 11.7. The molecule has 0 spiro atoms. The van der Waals surface area contributed by atoms with Crippen LogP contribution < -0.4 is 5.73 Å². The van der Waals surface area contributed by atoms with E-state index in [1.165, 1.54) is 18.2 Å². The van der Waals surface area contributed by atoms with Gasteiger partial charge in [0.05, 0.1) is 6.54 Å². The predicted octanol–water partition coefficient (Wildman–Crippen LogP) is 5.09. The lowest BCUT2D eigenvalue weighted by Crippen LogP contribution is -2.34. The number of nitrogens with two attached hydrogens (primary N) is 1. The van der Waals surface area contributed by atoms with Crippen LogP contribution in [0.15, 0.2) is 29.3 Å². The Morgan fingerprint density at radius 2 is 1.65 bits per heavy atom. The van der Waals surface area contributed by atoms with E-state index in [0.717, 1.165) is 0 Å². The lowest BCUT2D eigenvalue weighted by molar-refractivity contribution is -0.291. The highest BCUT2D eigenvalue weighted by Gasteiger charge is 2.60. The molecule has 0 saturated carbocycles. The third-order valence-electron chi connectivity index (χ3n) is 3.31. The van der Waals surface area contributed by atoms with Gasteiger partial charge in [-0.15, -0.1) is 0 Å². The number of anilines is 1. The standard InChI is InChI=1S/C14H11F8N3S/c1-7-4-8(2-3-9(7)23)6-25-11(26-14(20,21)22)5-10(24-25)12(15,16)13(17,18)19/h2-5H,6,23H2,1H3. The molecule has 0 radical (unpaired) electrons. The summed E-state index contributed by atoms with van der Waals surface area (Å²) in [6.45, 7) is 1.17. The van der Waals surface area contributed by atoms with E-state index < -0.39 is 46.6 Å². The number of hydrogen-bond acceptors (Lipinski definition) is 3. The Labute approximate surface area is 146 Å². The Kier molecular flexibility index (Phi) is 5.19. The second kappa shape index (κ2) is 6.63. The molecule has 0 aliphatic heterocycles. The number of alkyl halides is 8. The molecule has 1 heterocycles. The van der Waals surface area contributed by atoms with Gasteiger partial charge in [-0.1, -0.05) is 12.1 Å². The number of aromatic nitrogens is 2. The van der Waals surface area contributed by atoms with Gasteiger partial charge in [-0.2, -0.15) is 40.2 Å². The van der Waals surface area contributed by atoms with Gasteiger partial charge in [0.15, 0.2) is 0 Å². The molecular formula is C14H11F8N3S. The fraction of sp³-hybridized carbons (Fsp3) is 0.357. The summed E-state index contributed by atoms with van der Waals surface area (Å²) in [5.41, 5.74) is 0.214. The topological polar surface area (TPSA) is 43.8 Å². The molecule has 1 aromatic carbocycles. The lowest BCUT2D eigenvalue weighted by Gasteiger charge is -2.16. The number of aryl methyl sites for hydroxylation is 1. The molecule has 2 N–H and O–H groups in total. The molecule has 12 heteroatoms. The zero-order chi connectivity index (χ0) is 19.9. The van der Waals surface area contributed by atoms with Crippen molar-refractivity contribution < 1.29 is 35.1 Å². The van der Waals surface area contributed by atoms with E-state index >= 15 is 0 Å². The molecule has 0 aliphatic rings. The summed E-state index contributed by atoms with van der Waals surface area (Å²) in [5, 5.41) is 2.19. The molecule has 0 bridgehead atoms. The molecule has 0 atom stereocenters. The van der Waals surface area contributed by atoms with Crippen molar-refractivity contribution in [2.24, 2.45) is 0 Å². The third kappa shape index (κ3) is 4.40. The second-order valence-electron chi connectivity index (χ2n) is 5.34. The molecule has 0 fully saturated rings. The second-order valence-corrected chi connectivity index (χ2v) is 6.42.